The molecule has 2 unspecified atom stereocenters. The average Bonchev–Trinajstić information content (AvgIpc) is 2.33. The SMILES string of the molecule is C1CC2CNCC2OO1. The van der Waals surface area contributed by atoms with Crippen molar-refractivity contribution in [3.05, 3.63) is 0 Å². The topological polar surface area (TPSA) is 30.5 Å². The summed E-state index contributed by atoms with van der Waals surface area (Å²) in [5.41, 5.74) is 0. The third-order valence-electron chi connectivity index (χ3n) is 2.04. The molecule has 0 aromatic carbocycles. The number of hydrogen-bond acceptors (Lipinski definition) is 3. The van der Waals surface area contributed by atoms with Crippen LogP contribution >= 0.6 is 0 Å². The summed E-state index contributed by atoms with van der Waals surface area (Å²) in [6, 6.07) is 0. The summed E-state index contributed by atoms with van der Waals surface area (Å²) in [5, 5.41) is 3.26. The molecule has 2 atom stereocenters. The van der Waals surface area contributed by atoms with E-state index in [2.05, 4.69) is 5.32 Å². The van der Waals surface area contributed by atoms with Crippen LogP contribution in [-0.4, -0.2) is 25.8 Å². The Hall–Kier alpha value is -0.120. The molecule has 3 nitrogen and oxygen atoms in total. The third-order valence-corrected chi connectivity index (χ3v) is 2.04. The first kappa shape index (κ1) is 5.65. The molecule has 2 aliphatic rings. The van der Waals surface area contributed by atoms with Gasteiger partial charge in [0.05, 0.1) is 6.61 Å². The molecule has 52 valence electrons. The lowest BCUT2D eigenvalue weighted by molar-refractivity contribution is -0.349. The van der Waals surface area contributed by atoms with E-state index in [1.54, 1.807) is 0 Å². The molecule has 2 heterocycles. The zero-order valence-electron chi connectivity index (χ0n) is 5.30. The minimum Gasteiger partial charge on any atom is -0.314 e. The predicted molar refractivity (Wildman–Crippen MR) is 31.8 cm³/mol. The van der Waals surface area contributed by atoms with E-state index < -0.39 is 0 Å². The van der Waals surface area contributed by atoms with Gasteiger partial charge < -0.3 is 5.32 Å². The molecule has 2 fully saturated rings. The van der Waals surface area contributed by atoms with Gasteiger partial charge in [0.1, 0.15) is 6.10 Å². The highest BCUT2D eigenvalue weighted by molar-refractivity contribution is 4.81. The smallest absolute Gasteiger partial charge is 0.109 e. The highest BCUT2D eigenvalue weighted by atomic mass is 17.2. The Morgan fingerprint density at radius 3 is 3.22 bits per heavy atom. The summed E-state index contributed by atoms with van der Waals surface area (Å²) in [4.78, 5) is 9.88. The second kappa shape index (κ2) is 2.25. The molecular weight excluding hydrogens is 118 g/mol. The minimum absolute atomic E-state index is 0.332. The Labute approximate surface area is 54.3 Å². The first-order valence-electron chi connectivity index (χ1n) is 3.46. The Kier molecular flexibility index (Phi) is 1.41. The van der Waals surface area contributed by atoms with Crippen molar-refractivity contribution < 1.29 is 9.78 Å². The van der Waals surface area contributed by atoms with Gasteiger partial charge in [-0.15, -0.1) is 0 Å². The van der Waals surface area contributed by atoms with Gasteiger partial charge in [0.15, 0.2) is 0 Å². The van der Waals surface area contributed by atoms with E-state index in [0.29, 0.717) is 12.0 Å². The number of rotatable bonds is 0. The maximum atomic E-state index is 5.04. The Morgan fingerprint density at radius 2 is 2.33 bits per heavy atom. The van der Waals surface area contributed by atoms with Gasteiger partial charge in [0.25, 0.3) is 0 Å². The quantitative estimate of drug-likeness (QED) is 0.464. The van der Waals surface area contributed by atoms with Crippen molar-refractivity contribution in [3.63, 3.8) is 0 Å². The molecule has 2 rings (SSSR count). The standard InChI is InChI=1S/C6H11NO2/c1-2-8-9-6-4-7-3-5(1)6/h5-7H,1-4H2. The van der Waals surface area contributed by atoms with Gasteiger partial charge in [0.2, 0.25) is 0 Å². The van der Waals surface area contributed by atoms with Crippen LogP contribution in [0.3, 0.4) is 0 Å². The van der Waals surface area contributed by atoms with Crippen molar-refractivity contribution in [1.29, 1.82) is 0 Å². The molecule has 0 radical (unpaired) electrons. The molecule has 3 heteroatoms. The van der Waals surface area contributed by atoms with Crippen LogP contribution < -0.4 is 5.32 Å². The van der Waals surface area contributed by atoms with Crippen LogP contribution in [0.5, 0.6) is 0 Å². The molecule has 1 N–H and O–H groups in total. The monoisotopic (exact) mass is 129 g/mol. The van der Waals surface area contributed by atoms with Gasteiger partial charge in [-0.05, 0) is 6.42 Å². The number of nitrogens with one attached hydrogen (secondary N) is 1. The number of fused-ring (bicyclic) bond motifs is 1. The minimum atomic E-state index is 0.332. The summed E-state index contributed by atoms with van der Waals surface area (Å²) in [6.07, 6.45) is 1.48. The van der Waals surface area contributed by atoms with Gasteiger partial charge in [-0.1, -0.05) is 0 Å². The van der Waals surface area contributed by atoms with E-state index in [9.17, 15) is 0 Å². The summed E-state index contributed by atoms with van der Waals surface area (Å²) in [6.45, 7) is 2.83. The Balaban J connectivity index is 1.97. The van der Waals surface area contributed by atoms with Gasteiger partial charge in [0, 0.05) is 19.0 Å². The molecule has 2 saturated heterocycles. The van der Waals surface area contributed by atoms with Crippen molar-refractivity contribution >= 4 is 0 Å². The van der Waals surface area contributed by atoms with Crippen LogP contribution in [0.15, 0.2) is 0 Å². The van der Waals surface area contributed by atoms with E-state index >= 15 is 0 Å². The van der Waals surface area contributed by atoms with E-state index in [-0.39, 0.29) is 0 Å². The van der Waals surface area contributed by atoms with E-state index in [1.165, 1.54) is 0 Å². The van der Waals surface area contributed by atoms with Gasteiger partial charge in [-0.2, -0.15) is 0 Å². The van der Waals surface area contributed by atoms with Gasteiger partial charge in [-0.25, -0.2) is 9.78 Å². The first-order valence-corrected chi connectivity index (χ1v) is 3.46. The maximum Gasteiger partial charge on any atom is 0.109 e. The van der Waals surface area contributed by atoms with Crippen LogP contribution in [0.25, 0.3) is 0 Å². The Bertz CT molecular complexity index is 95.2. The first-order chi connectivity index (χ1) is 4.47. The van der Waals surface area contributed by atoms with E-state index in [1.807, 2.05) is 0 Å². The average molecular weight is 129 g/mol. The summed E-state index contributed by atoms with van der Waals surface area (Å²) in [5.74, 6) is 0.707. The molecule has 0 saturated carbocycles. The fourth-order valence-electron chi connectivity index (χ4n) is 1.44. The summed E-state index contributed by atoms with van der Waals surface area (Å²) >= 11 is 0. The lowest BCUT2D eigenvalue weighted by atomic mass is 10.0. The van der Waals surface area contributed by atoms with E-state index in [4.69, 9.17) is 9.78 Å². The predicted octanol–water partition coefficient (Wildman–Crippen LogP) is -0.0737. The van der Waals surface area contributed by atoms with Crippen molar-refractivity contribution in [2.24, 2.45) is 5.92 Å². The van der Waals surface area contributed by atoms with Crippen molar-refractivity contribution in [1.82, 2.24) is 5.32 Å². The molecule has 0 amide bonds. The second-order valence-corrected chi connectivity index (χ2v) is 2.66. The highest BCUT2D eigenvalue weighted by Gasteiger charge is 2.31. The fourth-order valence-corrected chi connectivity index (χ4v) is 1.44. The zero-order chi connectivity index (χ0) is 6.10. The molecule has 0 aromatic rings. The highest BCUT2D eigenvalue weighted by Crippen LogP contribution is 2.20. The molecule has 0 bridgehead atoms. The van der Waals surface area contributed by atoms with Crippen LogP contribution in [0.2, 0.25) is 0 Å². The second-order valence-electron chi connectivity index (χ2n) is 2.66. The lowest BCUT2D eigenvalue weighted by Gasteiger charge is -2.22. The molecule has 9 heavy (non-hydrogen) atoms. The van der Waals surface area contributed by atoms with Gasteiger partial charge >= 0.3 is 0 Å². The van der Waals surface area contributed by atoms with Crippen LogP contribution in [-0.2, 0) is 9.78 Å². The Morgan fingerprint density at radius 1 is 1.33 bits per heavy atom. The molecule has 0 aliphatic carbocycles. The van der Waals surface area contributed by atoms with Crippen molar-refractivity contribution in [2.45, 2.75) is 12.5 Å². The van der Waals surface area contributed by atoms with Gasteiger partial charge in [-0.3, -0.25) is 0 Å². The van der Waals surface area contributed by atoms with E-state index in [0.717, 1.165) is 26.1 Å². The third kappa shape index (κ3) is 0.956. The molecular formula is C6H11NO2. The molecule has 0 spiro atoms. The maximum absolute atomic E-state index is 5.04. The van der Waals surface area contributed by atoms with Crippen molar-refractivity contribution in [2.75, 3.05) is 19.7 Å². The number of hydrogen-bond donors (Lipinski definition) is 1. The summed E-state index contributed by atoms with van der Waals surface area (Å²) < 4.78 is 0. The molecule has 0 aromatic heterocycles. The lowest BCUT2D eigenvalue weighted by Crippen LogP contribution is -2.28. The largest absolute Gasteiger partial charge is 0.314 e. The zero-order valence-corrected chi connectivity index (χ0v) is 5.30. The summed E-state index contributed by atoms with van der Waals surface area (Å²) in [7, 11) is 0. The van der Waals surface area contributed by atoms with Crippen LogP contribution in [0.1, 0.15) is 6.42 Å². The normalized spacial score (nSPS) is 42.7. The molecule has 2 aliphatic heterocycles. The van der Waals surface area contributed by atoms with Crippen LogP contribution in [0, 0.1) is 5.92 Å². The van der Waals surface area contributed by atoms with Crippen molar-refractivity contribution in [3.8, 4) is 0 Å². The van der Waals surface area contributed by atoms with Crippen LogP contribution in [0.4, 0.5) is 0 Å². The fraction of sp³-hybridized carbons (Fsp3) is 1.00.